The van der Waals surface area contributed by atoms with Crippen molar-refractivity contribution in [3.63, 3.8) is 0 Å². The number of aliphatic hydroxyl groups is 1. The van der Waals surface area contributed by atoms with Gasteiger partial charge in [0, 0.05) is 32.2 Å². The van der Waals surface area contributed by atoms with Gasteiger partial charge in [0.25, 0.3) is 0 Å². The number of nitrogens with one attached hydrogen (secondary N) is 1. The fourth-order valence-electron chi connectivity index (χ4n) is 2.63. The van der Waals surface area contributed by atoms with Crippen molar-refractivity contribution in [1.29, 1.82) is 0 Å². The highest BCUT2D eigenvalue weighted by atomic mass is 16.3. The van der Waals surface area contributed by atoms with Crippen molar-refractivity contribution < 1.29 is 9.90 Å². The van der Waals surface area contributed by atoms with Gasteiger partial charge < -0.3 is 20.2 Å². The van der Waals surface area contributed by atoms with Crippen molar-refractivity contribution in [2.75, 3.05) is 39.3 Å². The van der Waals surface area contributed by atoms with Gasteiger partial charge in [-0.3, -0.25) is 0 Å². The number of piperidine rings is 1. The van der Waals surface area contributed by atoms with Gasteiger partial charge in [-0.15, -0.1) is 6.58 Å². The number of hydrogen-bond donors (Lipinski definition) is 2. The van der Waals surface area contributed by atoms with Crippen LogP contribution in [-0.2, 0) is 0 Å². The molecule has 5 nitrogen and oxygen atoms in total. The summed E-state index contributed by atoms with van der Waals surface area (Å²) in [6.07, 6.45) is 4.05. The van der Waals surface area contributed by atoms with Crippen LogP contribution in [0.2, 0.25) is 0 Å². The number of amides is 2. The van der Waals surface area contributed by atoms with E-state index in [2.05, 4.69) is 30.6 Å². The molecule has 20 heavy (non-hydrogen) atoms. The molecular weight excluding hydrogens is 254 g/mol. The number of urea groups is 1. The van der Waals surface area contributed by atoms with Gasteiger partial charge in [0.1, 0.15) is 0 Å². The number of hydrogen-bond acceptors (Lipinski definition) is 3. The van der Waals surface area contributed by atoms with Crippen LogP contribution in [-0.4, -0.2) is 66.3 Å². The quantitative estimate of drug-likeness (QED) is 0.692. The summed E-state index contributed by atoms with van der Waals surface area (Å²) in [4.78, 5) is 16.1. The van der Waals surface area contributed by atoms with Crippen molar-refractivity contribution in [3.8, 4) is 0 Å². The Morgan fingerprint density at radius 1 is 1.60 bits per heavy atom. The molecule has 5 heteroatoms. The molecule has 2 amide bonds. The Morgan fingerprint density at radius 3 is 2.95 bits per heavy atom. The first-order valence-corrected chi connectivity index (χ1v) is 7.57. The van der Waals surface area contributed by atoms with Crippen LogP contribution in [0.5, 0.6) is 0 Å². The number of carbonyl (C=O) groups is 1. The van der Waals surface area contributed by atoms with E-state index in [4.69, 9.17) is 5.11 Å². The van der Waals surface area contributed by atoms with Crippen LogP contribution >= 0.6 is 0 Å². The molecule has 1 aliphatic rings. The Morgan fingerprint density at radius 2 is 2.35 bits per heavy atom. The molecule has 1 atom stereocenters. The molecule has 1 heterocycles. The predicted octanol–water partition coefficient (Wildman–Crippen LogP) is 1.30. The molecule has 0 bridgehead atoms. The van der Waals surface area contributed by atoms with Gasteiger partial charge in [-0.2, -0.15) is 0 Å². The van der Waals surface area contributed by atoms with Crippen LogP contribution in [0.15, 0.2) is 12.7 Å². The molecule has 1 unspecified atom stereocenters. The van der Waals surface area contributed by atoms with Crippen LogP contribution in [0.1, 0.15) is 26.7 Å². The lowest BCUT2D eigenvalue weighted by atomic mass is 9.97. The zero-order valence-electron chi connectivity index (χ0n) is 12.8. The van der Waals surface area contributed by atoms with Gasteiger partial charge in [0.05, 0.1) is 6.61 Å². The fourth-order valence-corrected chi connectivity index (χ4v) is 2.63. The van der Waals surface area contributed by atoms with E-state index in [0.29, 0.717) is 31.6 Å². The van der Waals surface area contributed by atoms with Crippen molar-refractivity contribution in [1.82, 2.24) is 15.1 Å². The molecule has 0 aromatic carbocycles. The highest BCUT2D eigenvalue weighted by molar-refractivity contribution is 5.74. The summed E-state index contributed by atoms with van der Waals surface area (Å²) in [6, 6.07) is 0.459. The summed E-state index contributed by atoms with van der Waals surface area (Å²) in [5, 5.41) is 11.9. The second-order valence-electron chi connectivity index (χ2n) is 5.74. The molecule has 116 valence electrons. The average Bonchev–Trinajstić information content (AvgIpc) is 2.45. The second-order valence-corrected chi connectivity index (χ2v) is 5.74. The maximum atomic E-state index is 12.0. The van der Waals surface area contributed by atoms with Crippen LogP contribution in [0.3, 0.4) is 0 Å². The van der Waals surface area contributed by atoms with E-state index in [1.54, 1.807) is 11.0 Å². The fraction of sp³-hybridized carbons (Fsp3) is 0.800. The Hall–Kier alpha value is -1.07. The number of carbonyl (C=O) groups excluding carboxylic acids is 1. The third-order valence-electron chi connectivity index (χ3n) is 3.83. The zero-order valence-corrected chi connectivity index (χ0v) is 12.8. The van der Waals surface area contributed by atoms with Crippen LogP contribution in [0.25, 0.3) is 0 Å². The predicted molar refractivity (Wildman–Crippen MR) is 81.7 cm³/mol. The lowest BCUT2D eigenvalue weighted by Gasteiger charge is -2.35. The molecule has 0 saturated carbocycles. The maximum absolute atomic E-state index is 12.0. The van der Waals surface area contributed by atoms with Gasteiger partial charge in [-0.05, 0) is 39.2 Å². The first-order valence-electron chi connectivity index (χ1n) is 7.57. The van der Waals surface area contributed by atoms with Gasteiger partial charge in [0.2, 0.25) is 0 Å². The van der Waals surface area contributed by atoms with E-state index < -0.39 is 0 Å². The molecule has 0 aromatic rings. The Bertz CT molecular complexity index is 307. The van der Waals surface area contributed by atoms with E-state index >= 15 is 0 Å². The van der Waals surface area contributed by atoms with Gasteiger partial charge >= 0.3 is 6.03 Å². The smallest absolute Gasteiger partial charge is 0.317 e. The normalized spacial score (nSPS) is 19.9. The summed E-state index contributed by atoms with van der Waals surface area (Å²) in [7, 11) is 0. The van der Waals surface area contributed by atoms with Crippen molar-refractivity contribution in [3.05, 3.63) is 12.7 Å². The van der Waals surface area contributed by atoms with E-state index in [-0.39, 0.29) is 12.6 Å². The van der Waals surface area contributed by atoms with Crippen LogP contribution in [0.4, 0.5) is 4.79 Å². The van der Waals surface area contributed by atoms with Gasteiger partial charge in [-0.25, -0.2) is 4.79 Å². The first kappa shape index (κ1) is 17.0. The standard InChI is InChI=1S/C15H29N3O2/c1-4-7-17(9-10-19)15(20)16-11-14-6-5-8-18(12-14)13(2)3/h4,13-14,19H,1,5-12H2,2-3H3,(H,16,20). The van der Waals surface area contributed by atoms with Crippen LogP contribution in [0, 0.1) is 5.92 Å². The molecule has 0 aromatic heterocycles. The molecule has 1 saturated heterocycles. The lowest BCUT2D eigenvalue weighted by molar-refractivity contribution is 0.136. The topological polar surface area (TPSA) is 55.8 Å². The summed E-state index contributed by atoms with van der Waals surface area (Å²) in [5.74, 6) is 0.523. The largest absolute Gasteiger partial charge is 0.395 e. The Labute approximate surface area is 122 Å². The number of nitrogens with zero attached hydrogens (tertiary/aromatic N) is 2. The van der Waals surface area contributed by atoms with E-state index in [9.17, 15) is 4.79 Å². The summed E-state index contributed by atoms with van der Waals surface area (Å²) in [5.41, 5.74) is 0. The number of likely N-dealkylation sites (tertiary alicyclic amines) is 1. The molecular formula is C15H29N3O2. The molecule has 1 aliphatic heterocycles. The first-order chi connectivity index (χ1) is 9.58. The molecule has 1 fully saturated rings. The third kappa shape index (κ3) is 5.51. The number of aliphatic hydroxyl groups excluding tert-OH is 1. The minimum Gasteiger partial charge on any atom is -0.395 e. The highest BCUT2D eigenvalue weighted by Crippen LogP contribution is 2.17. The monoisotopic (exact) mass is 283 g/mol. The summed E-state index contributed by atoms with van der Waals surface area (Å²) >= 11 is 0. The molecule has 2 N–H and O–H groups in total. The van der Waals surface area contributed by atoms with E-state index in [1.807, 2.05) is 0 Å². The van der Waals surface area contributed by atoms with Crippen molar-refractivity contribution in [2.45, 2.75) is 32.7 Å². The summed E-state index contributed by atoms with van der Waals surface area (Å²) in [6.45, 7) is 11.8. The second kappa shape index (κ2) is 8.97. The molecule has 0 spiro atoms. The minimum absolute atomic E-state index is 0.0220. The average molecular weight is 283 g/mol. The maximum Gasteiger partial charge on any atom is 0.317 e. The Balaban J connectivity index is 2.37. The molecule has 1 rings (SSSR count). The van der Waals surface area contributed by atoms with Crippen molar-refractivity contribution in [2.24, 2.45) is 5.92 Å². The number of rotatable bonds is 7. The minimum atomic E-state index is -0.111. The van der Waals surface area contributed by atoms with E-state index in [0.717, 1.165) is 13.1 Å². The van der Waals surface area contributed by atoms with Gasteiger partial charge in [-0.1, -0.05) is 6.08 Å². The SMILES string of the molecule is C=CCN(CCO)C(=O)NCC1CCCN(C(C)C)C1. The molecule has 0 aliphatic carbocycles. The molecule has 0 radical (unpaired) electrons. The van der Waals surface area contributed by atoms with E-state index in [1.165, 1.54) is 12.8 Å². The summed E-state index contributed by atoms with van der Waals surface area (Å²) < 4.78 is 0. The van der Waals surface area contributed by atoms with Crippen molar-refractivity contribution >= 4 is 6.03 Å². The van der Waals surface area contributed by atoms with Gasteiger partial charge in [0.15, 0.2) is 0 Å². The highest BCUT2D eigenvalue weighted by Gasteiger charge is 2.22. The lowest BCUT2D eigenvalue weighted by Crippen LogP contribution is -2.47. The Kier molecular flexibility index (Phi) is 7.62. The third-order valence-corrected chi connectivity index (χ3v) is 3.83. The van der Waals surface area contributed by atoms with Crippen LogP contribution < -0.4 is 5.32 Å². The zero-order chi connectivity index (χ0) is 15.0.